The van der Waals surface area contributed by atoms with E-state index in [1.807, 2.05) is 6.07 Å². The summed E-state index contributed by atoms with van der Waals surface area (Å²) in [6, 6.07) is 6.23. The fourth-order valence-electron chi connectivity index (χ4n) is 4.11. The zero-order valence-electron chi connectivity index (χ0n) is 15.6. The Morgan fingerprint density at radius 2 is 1.96 bits per heavy atom. The van der Waals surface area contributed by atoms with Crippen molar-refractivity contribution in [3.05, 3.63) is 40.5 Å². The molecule has 2 heteroatoms. The van der Waals surface area contributed by atoms with Crippen LogP contribution < -0.4 is 4.74 Å². The average Bonchev–Trinajstić information content (AvgIpc) is 2.46. The van der Waals surface area contributed by atoms with Crippen LogP contribution in [0.5, 0.6) is 5.75 Å². The first-order valence-electron chi connectivity index (χ1n) is 8.81. The van der Waals surface area contributed by atoms with Crippen LogP contribution >= 0.6 is 0 Å². The summed E-state index contributed by atoms with van der Waals surface area (Å²) in [5.41, 5.74) is 5.25. The van der Waals surface area contributed by atoms with Crippen LogP contribution in [0.15, 0.2) is 29.3 Å². The van der Waals surface area contributed by atoms with Gasteiger partial charge in [-0.05, 0) is 66.4 Å². The molecule has 1 unspecified atom stereocenters. The van der Waals surface area contributed by atoms with Crippen molar-refractivity contribution < 1.29 is 9.84 Å². The number of allylic oxidation sites excluding steroid dienone is 1. The predicted octanol–water partition coefficient (Wildman–Crippen LogP) is 5.25. The Balaban J connectivity index is 2.31. The molecule has 0 amide bonds. The minimum atomic E-state index is -0.392. The molecule has 1 aromatic carbocycles. The third-order valence-corrected chi connectivity index (χ3v) is 5.26. The van der Waals surface area contributed by atoms with E-state index in [-0.39, 0.29) is 5.41 Å². The first-order valence-corrected chi connectivity index (χ1v) is 8.81. The van der Waals surface area contributed by atoms with E-state index in [2.05, 4.69) is 46.8 Å². The van der Waals surface area contributed by atoms with E-state index >= 15 is 0 Å². The van der Waals surface area contributed by atoms with Crippen molar-refractivity contribution in [3.63, 3.8) is 0 Å². The minimum absolute atomic E-state index is 0.103. The minimum Gasteiger partial charge on any atom is -0.497 e. The smallest absolute Gasteiger partial charge is 0.119 e. The van der Waals surface area contributed by atoms with Gasteiger partial charge in [0.2, 0.25) is 0 Å². The summed E-state index contributed by atoms with van der Waals surface area (Å²) in [5.74, 6) is 1.31. The summed E-state index contributed by atoms with van der Waals surface area (Å²) in [5, 5.41) is 11.0. The molecule has 2 nitrogen and oxygen atoms in total. The Bertz CT molecular complexity index is 582. The fraction of sp³-hybridized carbons (Fsp3) is 0.619. The summed E-state index contributed by atoms with van der Waals surface area (Å²) in [6.07, 6.45) is 3.81. The van der Waals surface area contributed by atoms with E-state index < -0.39 is 6.10 Å². The van der Waals surface area contributed by atoms with Crippen LogP contribution in [0.25, 0.3) is 0 Å². The number of aliphatic hydroxyl groups excluding tert-OH is 1. The molecule has 1 atom stereocenters. The normalized spacial score (nSPS) is 19.1. The van der Waals surface area contributed by atoms with Crippen molar-refractivity contribution in [3.8, 4) is 5.75 Å². The highest BCUT2D eigenvalue weighted by Crippen LogP contribution is 2.42. The maximum atomic E-state index is 11.0. The van der Waals surface area contributed by atoms with Gasteiger partial charge in [0.1, 0.15) is 5.75 Å². The number of benzene rings is 1. The quantitative estimate of drug-likeness (QED) is 0.752. The first kappa shape index (κ1) is 18.1. The Morgan fingerprint density at radius 1 is 1.26 bits per heavy atom. The van der Waals surface area contributed by atoms with Gasteiger partial charge in [-0.1, -0.05) is 39.3 Å². The SMILES string of the molecule is COc1ccc(CC(O)C2=C(C)CCCC2(C)C)c(C(C)C)c1. The van der Waals surface area contributed by atoms with Crippen molar-refractivity contribution in [1.82, 2.24) is 0 Å². The third kappa shape index (κ3) is 3.98. The monoisotopic (exact) mass is 316 g/mol. The number of aliphatic hydroxyl groups is 1. The first-order chi connectivity index (χ1) is 10.8. The highest BCUT2D eigenvalue weighted by Gasteiger charge is 2.33. The average molecular weight is 316 g/mol. The topological polar surface area (TPSA) is 29.5 Å². The lowest BCUT2D eigenvalue weighted by Gasteiger charge is -2.37. The lowest BCUT2D eigenvalue weighted by Crippen LogP contribution is -2.30. The molecule has 0 spiro atoms. The van der Waals surface area contributed by atoms with E-state index in [1.54, 1.807) is 7.11 Å². The Hall–Kier alpha value is -1.28. The lowest BCUT2D eigenvalue weighted by molar-refractivity contribution is 0.168. The maximum Gasteiger partial charge on any atom is 0.119 e. The molecule has 1 aliphatic carbocycles. The fourth-order valence-corrected chi connectivity index (χ4v) is 4.11. The van der Waals surface area contributed by atoms with Gasteiger partial charge in [-0.15, -0.1) is 0 Å². The molecule has 0 bridgehead atoms. The van der Waals surface area contributed by atoms with Crippen molar-refractivity contribution in [2.75, 3.05) is 7.11 Å². The molecule has 1 aliphatic rings. The molecule has 1 N–H and O–H groups in total. The lowest BCUT2D eigenvalue weighted by atomic mass is 9.69. The summed E-state index contributed by atoms with van der Waals surface area (Å²) < 4.78 is 5.36. The predicted molar refractivity (Wildman–Crippen MR) is 97.1 cm³/mol. The van der Waals surface area contributed by atoms with Crippen LogP contribution in [0.3, 0.4) is 0 Å². The van der Waals surface area contributed by atoms with Crippen LogP contribution in [0.2, 0.25) is 0 Å². The Labute approximate surface area is 141 Å². The van der Waals surface area contributed by atoms with Crippen molar-refractivity contribution in [1.29, 1.82) is 0 Å². The maximum absolute atomic E-state index is 11.0. The van der Waals surface area contributed by atoms with Gasteiger partial charge >= 0.3 is 0 Å². The highest BCUT2D eigenvalue weighted by atomic mass is 16.5. The standard InChI is InChI=1S/C21H32O2/c1-14(2)18-13-17(23-6)10-9-16(18)12-19(22)20-15(3)8-7-11-21(20,4)5/h9-10,13-14,19,22H,7-8,11-12H2,1-6H3. The van der Waals surface area contributed by atoms with Gasteiger partial charge in [-0.25, -0.2) is 0 Å². The van der Waals surface area contributed by atoms with Gasteiger partial charge in [-0.3, -0.25) is 0 Å². The van der Waals surface area contributed by atoms with Crippen LogP contribution in [-0.4, -0.2) is 18.3 Å². The molecule has 0 saturated carbocycles. The number of hydrogen-bond donors (Lipinski definition) is 1. The van der Waals surface area contributed by atoms with E-state index in [4.69, 9.17) is 4.74 Å². The summed E-state index contributed by atoms with van der Waals surface area (Å²) in [7, 11) is 1.70. The van der Waals surface area contributed by atoms with Gasteiger partial charge in [-0.2, -0.15) is 0 Å². The molecular weight excluding hydrogens is 284 g/mol. The number of hydrogen-bond acceptors (Lipinski definition) is 2. The molecule has 0 aliphatic heterocycles. The molecule has 23 heavy (non-hydrogen) atoms. The van der Waals surface area contributed by atoms with E-state index in [0.717, 1.165) is 18.6 Å². The molecule has 0 heterocycles. The van der Waals surface area contributed by atoms with E-state index in [1.165, 1.54) is 28.7 Å². The van der Waals surface area contributed by atoms with Gasteiger partial charge in [0.15, 0.2) is 0 Å². The molecule has 128 valence electrons. The Kier molecular flexibility index (Phi) is 5.57. The summed E-state index contributed by atoms with van der Waals surface area (Å²) in [4.78, 5) is 0. The van der Waals surface area contributed by atoms with Crippen LogP contribution in [-0.2, 0) is 6.42 Å². The zero-order valence-corrected chi connectivity index (χ0v) is 15.6. The number of rotatable bonds is 5. The molecule has 0 aromatic heterocycles. The van der Waals surface area contributed by atoms with E-state index in [0.29, 0.717) is 12.3 Å². The molecule has 2 rings (SSSR count). The second kappa shape index (κ2) is 7.09. The second-order valence-corrected chi connectivity index (χ2v) is 7.87. The van der Waals surface area contributed by atoms with Gasteiger partial charge in [0, 0.05) is 6.42 Å². The number of ether oxygens (including phenoxy) is 1. The van der Waals surface area contributed by atoms with Crippen molar-refractivity contribution in [2.24, 2.45) is 5.41 Å². The molecule has 0 saturated heterocycles. The molecule has 1 aromatic rings. The van der Waals surface area contributed by atoms with Crippen LogP contribution in [0, 0.1) is 5.41 Å². The number of methoxy groups -OCH3 is 1. The van der Waals surface area contributed by atoms with Crippen molar-refractivity contribution in [2.45, 2.75) is 72.3 Å². The zero-order chi connectivity index (χ0) is 17.2. The summed E-state index contributed by atoms with van der Waals surface area (Å²) >= 11 is 0. The molecule has 0 fully saturated rings. The van der Waals surface area contributed by atoms with Gasteiger partial charge < -0.3 is 9.84 Å². The van der Waals surface area contributed by atoms with E-state index in [9.17, 15) is 5.11 Å². The molecule has 0 radical (unpaired) electrons. The van der Waals surface area contributed by atoms with Gasteiger partial charge in [0.25, 0.3) is 0 Å². The second-order valence-electron chi connectivity index (χ2n) is 7.87. The van der Waals surface area contributed by atoms with Crippen molar-refractivity contribution >= 4 is 0 Å². The molecular formula is C21H32O2. The Morgan fingerprint density at radius 3 is 2.52 bits per heavy atom. The largest absolute Gasteiger partial charge is 0.497 e. The van der Waals surface area contributed by atoms with Gasteiger partial charge in [0.05, 0.1) is 13.2 Å². The van der Waals surface area contributed by atoms with Crippen LogP contribution in [0.4, 0.5) is 0 Å². The summed E-state index contributed by atoms with van der Waals surface area (Å²) in [6.45, 7) is 11.1. The third-order valence-electron chi connectivity index (χ3n) is 5.26. The van der Waals surface area contributed by atoms with Crippen LogP contribution in [0.1, 0.15) is 70.9 Å². The highest BCUT2D eigenvalue weighted by molar-refractivity contribution is 5.39.